The quantitative estimate of drug-likeness (QED) is 0.463. The summed E-state index contributed by atoms with van der Waals surface area (Å²) >= 11 is 0. The van der Waals surface area contributed by atoms with Gasteiger partial charge in [0.05, 0.1) is 6.04 Å². The fraction of sp³-hybridized carbons (Fsp3) is 0.625. The molecule has 2 amide bonds. The molecule has 184 valence electrons. The molecule has 1 heterocycles. The standard InChI is InChI=1S/C24H36N2O7/c1-17(13-14-30-5)32-22(28)25-19-11-12-20(26(15-19)23(29)33-24(2,3)4)21(27)31-16-18-9-7-6-8-10-18/h6-10,17,19-20H,11-16H2,1-5H3,(H,25,28). The predicted octanol–water partition coefficient (Wildman–Crippen LogP) is 3.65. The summed E-state index contributed by atoms with van der Waals surface area (Å²) in [6, 6.07) is 8.16. The van der Waals surface area contributed by atoms with E-state index in [1.807, 2.05) is 30.3 Å². The molecule has 1 aliphatic rings. The van der Waals surface area contributed by atoms with Crippen molar-refractivity contribution in [2.24, 2.45) is 0 Å². The number of alkyl carbamates (subject to hydrolysis) is 1. The third kappa shape index (κ3) is 9.29. The van der Waals surface area contributed by atoms with E-state index in [1.54, 1.807) is 34.8 Å². The van der Waals surface area contributed by atoms with Crippen molar-refractivity contribution < 1.29 is 33.3 Å². The molecule has 0 saturated carbocycles. The van der Waals surface area contributed by atoms with E-state index in [4.69, 9.17) is 18.9 Å². The van der Waals surface area contributed by atoms with Crippen molar-refractivity contribution in [3.05, 3.63) is 35.9 Å². The van der Waals surface area contributed by atoms with Gasteiger partial charge in [0.15, 0.2) is 0 Å². The number of methoxy groups -OCH3 is 1. The van der Waals surface area contributed by atoms with Gasteiger partial charge in [-0.1, -0.05) is 30.3 Å². The zero-order chi connectivity index (χ0) is 24.4. The second kappa shape index (κ2) is 12.4. The van der Waals surface area contributed by atoms with Crippen LogP contribution in [-0.4, -0.2) is 67.1 Å². The molecule has 0 aromatic heterocycles. The van der Waals surface area contributed by atoms with E-state index in [0.717, 1.165) is 5.56 Å². The summed E-state index contributed by atoms with van der Waals surface area (Å²) < 4.78 is 21.3. The lowest BCUT2D eigenvalue weighted by Gasteiger charge is -2.38. The van der Waals surface area contributed by atoms with Crippen LogP contribution in [0.4, 0.5) is 9.59 Å². The first-order valence-corrected chi connectivity index (χ1v) is 11.3. The van der Waals surface area contributed by atoms with E-state index in [2.05, 4.69) is 5.32 Å². The first kappa shape index (κ1) is 26.4. The average molecular weight is 465 g/mol. The zero-order valence-corrected chi connectivity index (χ0v) is 20.2. The Morgan fingerprint density at radius 1 is 1.15 bits per heavy atom. The van der Waals surface area contributed by atoms with E-state index in [-0.39, 0.29) is 25.3 Å². The van der Waals surface area contributed by atoms with Crippen molar-refractivity contribution in [1.82, 2.24) is 10.2 Å². The highest BCUT2D eigenvalue weighted by atomic mass is 16.6. The normalized spacial score (nSPS) is 19.4. The van der Waals surface area contributed by atoms with Crippen molar-refractivity contribution in [2.75, 3.05) is 20.3 Å². The molecule has 1 N–H and O–H groups in total. The number of carbonyl (C=O) groups excluding carboxylic acids is 3. The third-order valence-electron chi connectivity index (χ3n) is 5.06. The SMILES string of the molecule is COCCC(C)OC(=O)NC1CCC(C(=O)OCc2ccccc2)N(C(=O)OC(C)(C)C)C1. The number of hydrogen-bond acceptors (Lipinski definition) is 7. The molecular formula is C24H36N2O7. The van der Waals surface area contributed by atoms with Crippen LogP contribution in [0.25, 0.3) is 0 Å². The third-order valence-corrected chi connectivity index (χ3v) is 5.06. The molecule has 1 aromatic rings. The van der Waals surface area contributed by atoms with Gasteiger partial charge in [-0.3, -0.25) is 4.90 Å². The summed E-state index contributed by atoms with van der Waals surface area (Å²) in [5.74, 6) is -0.501. The van der Waals surface area contributed by atoms with E-state index >= 15 is 0 Å². The lowest BCUT2D eigenvalue weighted by Crippen LogP contribution is -2.57. The number of amides is 2. The van der Waals surface area contributed by atoms with Gasteiger partial charge in [-0.15, -0.1) is 0 Å². The molecule has 3 atom stereocenters. The van der Waals surface area contributed by atoms with Crippen molar-refractivity contribution >= 4 is 18.2 Å². The van der Waals surface area contributed by atoms with E-state index in [1.165, 1.54) is 4.90 Å². The van der Waals surface area contributed by atoms with Gasteiger partial charge in [0.25, 0.3) is 0 Å². The van der Waals surface area contributed by atoms with E-state index < -0.39 is 29.8 Å². The van der Waals surface area contributed by atoms with Crippen LogP contribution in [0.5, 0.6) is 0 Å². The van der Waals surface area contributed by atoms with Crippen LogP contribution in [0.1, 0.15) is 52.5 Å². The Morgan fingerprint density at radius 3 is 2.48 bits per heavy atom. The van der Waals surface area contributed by atoms with Crippen LogP contribution in [-0.2, 0) is 30.3 Å². The minimum absolute atomic E-state index is 0.113. The molecule has 1 saturated heterocycles. The van der Waals surface area contributed by atoms with Gasteiger partial charge in [0, 0.05) is 26.7 Å². The molecule has 2 rings (SSSR count). The molecule has 33 heavy (non-hydrogen) atoms. The number of rotatable bonds is 8. The number of hydrogen-bond donors (Lipinski definition) is 1. The average Bonchev–Trinajstić information content (AvgIpc) is 2.75. The molecular weight excluding hydrogens is 428 g/mol. The Kier molecular flexibility index (Phi) is 9.96. The number of piperidine rings is 1. The van der Waals surface area contributed by atoms with E-state index in [0.29, 0.717) is 25.9 Å². The maximum atomic E-state index is 12.9. The Balaban J connectivity index is 2.01. The molecule has 0 bridgehead atoms. The van der Waals surface area contributed by atoms with Gasteiger partial charge in [-0.2, -0.15) is 0 Å². The molecule has 0 radical (unpaired) electrons. The minimum atomic E-state index is -0.793. The maximum Gasteiger partial charge on any atom is 0.411 e. The Labute approximate surface area is 195 Å². The topological polar surface area (TPSA) is 103 Å². The molecule has 9 nitrogen and oxygen atoms in total. The van der Waals surface area contributed by atoms with Crippen LogP contribution in [0, 0.1) is 0 Å². The lowest BCUT2D eigenvalue weighted by molar-refractivity contribution is -0.152. The summed E-state index contributed by atoms with van der Waals surface area (Å²) in [7, 11) is 1.58. The van der Waals surface area contributed by atoms with Crippen LogP contribution >= 0.6 is 0 Å². The summed E-state index contributed by atoms with van der Waals surface area (Å²) in [6.07, 6.45) is -0.108. The first-order chi connectivity index (χ1) is 15.6. The molecule has 1 fully saturated rings. The summed E-state index contributed by atoms with van der Waals surface area (Å²) in [5.41, 5.74) is 0.126. The number of ether oxygens (including phenoxy) is 4. The minimum Gasteiger partial charge on any atom is -0.459 e. The molecule has 3 unspecified atom stereocenters. The van der Waals surface area contributed by atoms with Gasteiger partial charge in [-0.05, 0) is 46.1 Å². The largest absolute Gasteiger partial charge is 0.459 e. The number of esters is 1. The van der Waals surface area contributed by atoms with Gasteiger partial charge < -0.3 is 24.3 Å². The van der Waals surface area contributed by atoms with Crippen molar-refractivity contribution in [3.8, 4) is 0 Å². The van der Waals surface area contributed by atoms with Gasteiger partial charge in [-0.25, -0.2) is 14.4 Å². The van der Waals surface area contributed by atoms with Gasteiger partial charge in [0.1, 0.15) is 24.4 Å². The second-order valence-electron chi connectivity index (χ2n) is 9.16. The Hall–Kier alpha value is -2.81. The number of carbonyl (C=O) groups is 3. The van der Waals surface area contributed by atoms with Gasteiger partial charge in [0.2, 0.25) is 0 Å². The highest BCUT2D eigenvalue weighted by molar-refractivity contribution is 5.82. The smallest absolute Gasteiger partial charge is 0.411 e. The predicted molar refractivity (Wildman–Crippen MR) is 122 cm³/mol. The number of benzene rings is 1. The lowest BCUT2D eigenvalue weighted by atomic mass is 9.98. The summed E-state index contributed by atoms with van der Waals surface area (Å²) in [4.78, 5) is 39.3. The molecule has 1 aromatic carbocycles. The monoisotopic (exact) mass is 464 g/mol. The van der Waals surface area contributed by atoms with E-state index in [9.17, 15) is 14.4 Å². The van der Waals surface area contributed by atoms with Crippen molar-refractivity contribution in [1.29, 1.82) is 0 Å². The van der Waals surface area contributed by atoms with Crippen LogP contribution in [0.2, 0.25) is 0 Å². The number of nitrogens with zero attached hydrogens (tertiary/aromatic N) is 1. The van der Waals surface area contributed by atoms with Crippen LogP contribution in [0.3, 0.4) is 0 Å². The van der Waals surface area contributed by atoms with Crippen LogP contribution in [0.15, 0.2) is 30.3 Å². The highest BCUT2D eigenvalue weighted by Crippen LogP contribution is 2.22. The molecule has 0 aliphatic carbocycles. The second-order valence-corrected chi connectivity index (χ2v) is 9.16. The summed E-state index contributed by atoms with van der Waals surface area (Å²) in [6.45, 7) is 7.76. The zero-order valence-electron chi connectivity index (χ0n) is 20.2. The summed E-state index contributed by atoms with van der Waals surface area (Å²) in [5, 5.41) is 2.79. The molecule has 0 spiro atoms. The fourth-order valence-electron chi connectivity index (χ4n) is 3.41. The Bertz CT molecular complexity index is 779. The van der Waals surface area contributed by atoms with Crippen molar-refractivity contribution in [3.63, 3.8) is 0 Å². The Morgan fingerprint density at radius 2 is 1.85 bits per heavy atom. The fourth-order valence-corrected chi connectivity index (χ4v) is 3.41. The first-order valence-electron chi connectivity index (χ1n) is 11.3. The van der Waals surface area contributed by atoms with Crippen LogP contribution < -0.4 is 5.32 Å². The van der Waals surface area contributed by atoms with Crippen molar-refractivity contribution in [2.45, 2.75) is 77.4 Å². The molecule has 1 aliphatic heterocycles. The highest BCUT2D eigenvalue weighted by Gasteiger charge is 2.39. The molecule has 9 heteroatoms. The number of nitrogens with one attached hydrogen (secondary N) is 1. The maximum absolute atomic E-state index is 12.9. The number of likely N-dealkylation sites (tertiary alicyclic amines) is 1. The van der Waals surface area contributed by atoms with Gasteiger partial charge >= 0.3 is 18.2 Å².